The molecule has 4 rings (SSSR count). The Balaban J connectivity index is 1.84. The minimum atomic E-state index is -0.201. The third-order valence-electron chi connectivity index (χ3n) is 4.10. The second-order valence-corrected chi connectivity index (χ2v) is 9.96. The van der Waals surface area contributed by atoms with E-state index in [1.165, 1.54) is 11.8 Å². The molecule has 0 aliphatic rings. The molecule has 0 bridgehead atoms. The molecule has 0 aliphatic heterocycles. The molecule has 8 heteroatoms. The Hall–Kier alpha value is -2.71. The van der Waals surface area contributed by atoms with Crippen LogP contribution in [0.2, 0.25) is 0 Å². The van der Waals surface area contributed by atoms with Crippen LogP contribution in [0.3, 0.4) is 0 Å². The zero-order chi connectivity index (χ0) is 20.6. The van der Waals surface area contributed by atoms with Crippen molar-refractivity contribution in [2.45, 2.75) is 42.6 Å². The average molecular weight is 424 g/mol. The zero-order valence-electron chi connectivity index (χ0n) is 16.6. The fourth-order valence-corrected chi connectivity index (χ4v) is 4.81. The molecule has 0 fully saturated rings. The van der Waals surface area contributed by atoms with Crippen molar-refractivity contribution < 1.29 is 0 Å². The van der Waals surface area contributed by atoms with Gasteiger partial charge in [0.15, 0.2) is 4.34 Å². The summed E-state index contributed by atoms with van der Waals surface area (Å²) >= 11 is 2.99. The van der Waals surface area contributed by atoms with E-state index in [2.05, 4.69) is 15.5 Å². The van der Waals surface area contributed by atoms with Crippen LogP contribution in [0.25, 0.3) is 15.9 Å². The topological polar surface area (TPSA) is 71.7 Å². The van der Waals surface area contributed by atoms with Crippen molar-refractivity contribution in [3.05, 3.63) is 64.1 Å². The van der Waals surface area contributed by atoms with E-state index in [1.807, 2.05) is 64.1 Å². The first kappa shape index (κ1) is 19.6. The van der Waals surface area contributed by atoms with Crippen LogP contribution in [0.15, 0.2) is 61.9 Å². The molecule has 0 radical (unpaired) electrons. The Kier molecular flexibility index (Phi) is 5.14. The number of hydrogen-bond donors (Lipinski definition) is 1. The summed E-state index contributed by atoms with van der Waals surface area (Å²) in [5.74, 6) is 0. The third kappa shape index (κ3) is 4.18. The van der Waals surface area contributed by atoms with Crippen LogP contribution >= 0.6 is 23.1 Å². The molecule has 1 N–H and O–H groups in total. The van der Waals surface area contributed by atoms with Crippen molar-refractivity contribution in [3.63, 3.8) is 0 Å². The van der Waals surface area contributed by atoms with Gasteiger partial charge in [-0.2, -0.15) is 5.10 Å². The lowest BCUT2D eigenvalue weighted by atomic mass is 10.1. The molecule has 0 amide bonds. The lowest BCUT2D eigenvalue weighted by Crippen LogP contribution is -2.31. The normalized spacial score (nSPS) is 12.3. The van der Waals surface area contributed by atoms with Crippen LogP contribution in [0, 0.1) is 6.92 Å². The van der Waals surface area contributed by atoms with E-state index in [0.29, 0.717) is 16.2 Å². The standard InChI is InChI=1S/C21H21N5OS2/c1-13-8-7-11-26-17(13)24-18(14(19(26)27)12-22-25-21(2,3)4)29-20-23-15-9-5-6-10-16(15)28-20/h5-12,25H,1-4H3/b22-12-. The van der Waals surface area contributed by atoms with E-state index in [9.17, 15) is 4.79 Å². The average Bonchev–Trinajstić information content (AvgIpc) is 3.06. The van der Waals surface area contributed by atoms with Crippen molar-refractivity contribution >= 4 is 45.2 Å². The summed E-state index contributed by atoms with van der Waals surface area (Å²) in [4.78, 5) is 22.7. The van der Waals surface area contributed by atoms with Gasteiger partial charge in [-0.25, -0.2) is 9.97 Å². The van der Waals surface area contributed by atoms with Crippen molar-refractivity contribution in [2.24, 2.45) is 5.10 Å². The van der Waals surface area contributed by atoms with Crippen LogP contribution in [-0.4, -0.2) is 26.1 Å². The Labute approximate surface area is 176 Å². The first-order chi connectivity index (χ1) is 13.8. The Bertz CT molecular complexity index is 1250. The van der Waals surface area contributed by atoms with E-state index < -0.39 is 0 Å². The largest absolute Gasteiger partial charge is 0.305 e. The van der Waals surface area contributed by atoms with Crippen LogP contribution < -0.4 is 11.0 Å². The first-order valence-electron chi connectivity index (χ1n) is 9.17. The molecular weight excluding hydrogens is 402 g/mol. The highest BCUT2D eigenvalue weighted by Crippen LogP contribution is 2.34. The van der Waals surface area contributed by atoms with E-state index in [0.717, 1.165) is 20.1 Å². The minimum absolute atomic E-state index is 0.151. The molecule has 6 nitrogen and oxygen atoms in total. The van der Waals surface area contributed by atoms with Gasteiger partial charge < -0.3 is 5.43 Å². The Morgan fingerprint density at radius 3 is 2.72 bits per heavy atom. The van der Waals surface area contributed by atoms with Gasteiger partial charge in [0, 0.05) is 11.7 Å². The smallest absolute Gasteiger partial charge is 0.267 e. The summed E-state index contributed by atoms with van der Waals surface area (Å²) in [6.45, 7) is 7.98. The first-order valence-corrected chi connectivity index (χ1v) is 10.8. The highest BCUT2D eigenvalue weighted by Gasteiger charge is 2.16. The molecule has 3 heterocycles. The lowest BCUT2D eigenvalue weighted by molar-refractivity contribution is 0.442. The van der Waals surface area contributed by atoms with Crippen molar-refractivity contribution in [3.8, 4) is 0 Å². The number of fused-ring (bicyclic) bond motifs is 2. The van der Waals surface area contributed by atoms with Gasteiger partial charge in [-0.05, 0) is 63.2 Å². The molecule has 3 aromatic heterocycles. The summed E-state index contributed by atoms with van der Waals surface area (Å²) in [6.07, 6.45) is 3.29. The van der Waals surface area contributed by atoms with E-state index >= 15 is 0 Å². The summed E-state index contributed by atoms with van der Waals surface area (Å²) in [7, 11) is 0. The number of hydrogen-bond acceptors (Lipinski definition) is 7. The van der Waals surface area contributed by atoms with Crippen LogP contribution in [0.5, 0.6) is 0 Å². The number of rotatable bonds is 4. The second kappa shape index (κ2) is 7.61. The van der Waals surface area contributed by atoms with Gasteiger partial charge in [0.25, 0.3) is 5.56 Å². The molecule has 0 spiro atoms. The maximum Gasteiger partial charge on any atom is 0.267 e. The van der Waals surface area contributed by atoms with Gasteiger partial charge in [-0.15, -0.1) is 11.3 Å². The zero-order valence-corrected chi connectivity index (χ0v) is 18.3. The van der Waals surface area contributed by atoms with Gasteiger partial charge in [0.2, 0.25) is 0 Å². The van der Waals surface area contributed by atoms with Crippen LogP contribution in [-0.2, 0) is 0 Å². The molecule has 0 saturated carbocycles. The highest BCUT2D eigenvalue weighted by molar-refractivity contribution is 8.01. The van der Waals surface area contributed by atoms with E-state index in [4.69, 9.17) is 4.98 Å². The Morgan fingerprint density at radius 2 is 1.97 bits per heavy atom. The van der Waals surface area contributed by atoms with Crippen LogP contribution in [0.4, 0.5) is 0 Å². The number of nitrogens with one attached hydrogen (secondary N) is 1. The fourth-order valence-electron chi connectivity index (χ4n) is 2.75. The fraction of sp³-hybridized carbons (Fsp3) is 0.238. The number of thiazole rings is 1. The number of pyridine rings is 1. The Morgan fingerprint density at radius 1 is 1.17 bits per heavy atom. The van der Waals surface area contributed by atoms with Crippen LogP contribution in [0.1, 0.15) is 31.9 Å². The van der Waals surface area contributed by atoms with Crippen molar-refractivity contribution in [1.82, 2.24) is 19.8 Å². The summed E-state index contributed by atoms with van der Waals surface area (Å²) in [5.41, 5.74) is 5.65. The third-order valence-corrected chi connectivity index (χ3v) is 6.20. The molecule has 0 saturated heterocycles. The summed E-state index contributed by atoms with van der Waals surface area (Å²) in [5, 5.41) is 4.89. The molecular formula is C21H21N5OS2. The van der Waals surface area contributed by atoms with Gasteiger partial charge in [-0.1, -0.05) is 18.2 Å². The molecule has 0 atom stereocenters. The highest BCUT2D eigenvalue weighted by atomic mass is 32.2. The van der Waals surface area contributed by atoms with E-state index in [1.54, 1.807) is 28.1 Å². The molecule has 4 aromatic rings. The molecule has 1 aromatic carbocycles. The minimum Gasteiger partial charge on any atom is -0.305 e. The molecule has 0 aliphatic carbocycles. The van der Waals surface area contributed by atoms with Gasteiger partial charge in [0.05, 0.1) is 22.0 Å². The maximum atomic E-state index is 13.2. The second-order valence-electron chi connectivity index (χ2n) is 7.69. The molecule has 148 valence electrons. The molecule has 0 unspecified atom stereocenters. The number of hydrazone groups is 1. The maximum absolute atomic E-state index is 13.2. The van der Waals surface area contributed by atoms with Crippen molar-refractivity contribution in [2.75, 3.05) is 0 Å². The number of aromatic nitrogens is 3. The number of aryl methyl sites for hydroxylation is 1. The molecule has 29 heavy (non-hydrogen) atoms. The van der Waals surface area contributed by atoms with Gasteiger partial charge >= 0.3 is 0 Å². The number of nitrogens with zero attached hydrogens (tertiary/aromatic N) is 4. The summed E-state index contributed by atoms with van der Waals surface area (Å²) in [6, 6.07) is 11.8. The SMILES string of the molecule is Cc1cccn2c(=O)c(/C=N\NC(C)(C)C)c(Sc3nc4ccccc4s3)nc12. The lowest BCUT2D eigenvalue weighted by Gasteiger charge is -2.17. The number of benzene rings is 1. The summed E-state index contributed by atoms with van der Waals surface area (Å²) < 4.78 is 3.51. The quantitative estimate of drug-likeness (QED) is 0.298. The monoisotopic (exact) mass is 423 g/mol. The van der Waals surface area contributed by atoms with Gasteiger partial charge in [0.1, 0.15) is 10.7 Å². The predicted molar refractivity (Wildman–Crippen MR) is 120 cm³/mol. The van der Waals surface area contributed by atoms with Crippen molar-refractivity contribution in [1.29, 1.82) is 0 Å². The number of para-hydroxylation sites is 1. The van der Waals surface area contributed by atoms with Gasteiger partial charge in [-0.3, -0.25) is 9.20 Å². The van der Waals surface area contributed by atoms with E-state index in [-0.39, 0.29) is 11.1 Å². The predicted octanol–water partition coefficient (Wildman–Crippen LogP) is 4.49.